The van der Waals surface area contributed by atoms with E-state index in [1.165, 1.54) is 30.6 Å². The fraction of sp³-hybridized carbons (Fsp3) is 0.333. The van der Waals surface area contributed by atoms with Crippen molar-refractivity contribution >= 4 is 34.0 Å². The lowest BCUT2D eigenvalue weighted by atomic mass is 10.0. The molecule has 1 aromatic heterocycles. The topological polar surface area (TPSA) is 63.7 Å². The van der Waals surface area contributed by atoms with E-state index in [4.69, 9.17) is 9.47 Å². The van der Waals surface area contributed by atoms with Crippen molar-refractivity contribution in [3.8, 4) is 11.5 Å². The highest BCUT2D eigenvalue weighted by atomic mass is 32.1. The molecule has 0 aliphatic carbocycles. The molecule has 0 radical (unpaired) electrons. The predicted octanol–water partition coefficient (Wildman–Crippen LogP) is 5.71. The Morgan fingerprint density at radius 1 is 1.15 bits per heavy atom. The molecule has 6 nitrogen and oxygen atoms in total. The van der Waals surface area contributed by atoms with Crippen LogP contribution in [0.5, 0.6) is 11.5 Å². The van der Waals surface area contributed by atoms with Crippen molar-refractivity contribution in [2.75, 3.05) is 26.1 Å². The van der Waals surface area contributed by atoms with Crippen molar-refractivity contribution in [1.29, 1.82) is 0 Å². The summed E-state index contributed by atoms with van der Waals surface area (Å²) < 4.78 is 10.8. The fourth-order valence-corrected chi connectivity index (χ4v) is 5.04. The number of carbonyl (C=O) groups excluding carboxylic acids is 1. The van der Waals surface area contributed by atoms with Gasteiger partial charge in [0.25, 0.3) is 5.91 Å². The van der Waals surface area contributed by atoms with Crippen LogP contribution >= 0.6 is 11.3 Å². The molecule has 1 aliphatic rings. The lowest BCUT2D eigenvalue weighted by Gasteiger charge is -2.32. The summed E-state index contributed by atoms with van der Waals surface area (Å²) >= 11 is 1.54. The Morgan fingerprint density at radius 2 is 1.94 bits per heavy atom. The second-order valence-electron chi connectivity index (χ2n) is 8.44. The molecule has 1 aliphatic heterocycles. The highest BCUT2D eigenvalue weighted by Gasteiger charge is 2.20. The Kier molecular flexibility index (Phi) is 7.98. The number of ether oxygens (including phenoxy) is 2. The summed E-state index contributed by atoms with van der Waals surface area (Å²) in [5.41, 5.74) is 2.22. The van der Waals surface area contributed by atoms with Crippen LogP contribution in [0.2, 0.25) is 0 Å². The number of benzene rings is 2. The number of hydrogen-bond donors (Lipinski definition) is 1. The number of carbonyl (C=O) groups is 1. The number of anilines is 1. The third-order valence-electron chi connectivity index (χ3n) is 6.12. The van der Waals surface area contributed by atoms with Crippen molar-refractivity contribution in [3.63, 3.8) is 0 Å². The van der Waals surface area contributed by atoms with Crippen molar-refractivity contribution in [2.45, 2.75) is 38.8 Å². The number of nitrogens with one attached hydrogen (secondary N) is 1. The Labute approximate surface area is 205 Å². The van der Waals surface area contributed by atoms with Gasteiger partial charge in [0.05, 0.1) is 14.2 Å². The first-order valence-corrected chi connectivity index (χ1v) is 12.4. The molecule has 1 unspecified atom stereocenters. The first-order chi connectivity index (χ1) is 16.6. The summed E-state index contributed by atoms with van der Waals surface area (Å²) in [6, 6.07) is 15.8. The number of hydrogen-bond acceptors (Lipinski definition) is 6. The Morgan fingerprint density at radius 3 is 2.68 bits per heavy atom. The molecule has 7 heteroatoms. The molecule has 2 aromatic carbocycles. The van der Waals surface area contributed by atoms with Crippen molar-refractivity contribution < 1.29 is 14.3 Å². The maximum atomic E-state index is 13.4. The van der Waals surface area contributed by atoms with E-state index in [-0.39, 0.29) is 5.91 Å². The highest BCUT2D eigenvalue weighted by molar-refractivity contribution is 7.15. The summed E-state index contributed by atoms with van der Waals surface area (Å²) in [7, 11) is 3.20. The number of amides is 1. The van der Waals surface area contributed by atoms with Gasteiger partial charge in [0.1, 0.15) is 0 Å². The average Bonchev–Trinajstić information content (AvgIpc) is 3.30. The molecule has 1 fully saturated rings. The maximum absolute atomic E-state index is 13.4. The molecule has 1 amide bonds. The molecule has 34 heavy (non-hydrogen) atoms. The van der Waals surface area contributed by atoms with E-state index in [0.29, 0.717) is 28.2 Å². The molecule has 0 spiro atoms. The van der Waals surface area contributed by atoms with Gasteiger partial charge in [-0.25, -0.2) is 4.98 Å². The molecule has 1 saturated heterocycles. The van der Waals surface area contributed by atoms with E-state index < -0.39 is 0 Å². The molecule has 1 atom stereocenters. The van der Waals surface area contributed by atoms with Crippen LogP contribution in [0.1, 0.15) is 42.2 Å². The molecule has 0 bridgehead atoms. The monoisotopic (exact) mass is 477 g/mol. The largest absolute Gasteiger partial charge is 0.493 e. The molecular formula is C27H31N3O3S. The predicted molar refractivity (Wildman–Crippen MR) is 138 cm³/mol. The Balaban J connectivity index is 1.55. The minimum atomic E-state index is -0.201. The first kappa shape index (κ1) is 24.0. The summed E-state index contributed by atoms with van der Waals surface area (Å²) in [4.78, 5) is 21.5. The normalized spacial score (nSPS) is 16.8. The van der Waals surface area contributed by atoms with Crippen LogP contribution in [0.3, 0.4) is 0 Å². The number of likely N-dealkylation sites (tertiary alicyclic amines) is 1. The average molecular weight is 478 g/mol. The van der Waals surface area contributed by atoms with E-state index in [1.807, 2.05) is 60.8 Å². The van der Waals surface area contributed by atoms with Crippen molar-refractivity contribution in [3.05, 3.63) is 70.7 Å². The van der Waals surface area contributed by atoms with Gasteiger partial charge < -0.3 is 9.47 Å². The van der Waals surface area contributed by atoms with Crippen LogP contribution in [-0.4, -0.2) is 42.6 Å². The number of methoxy groups -OCH3 is 2. The van der Waals surface area contributed by atoms with Crippen LogP contribution < -0.4 is 14.8 Å². The second kappa shape index (κ2) is 11.3. The van der Waals surface area contributed by atoms with Gasteiger partial charge in [0.2, 0.25) is 0 Å². The van der Waals surface area contributed by atoms with E-state index in [0.717, 1.165) is 29.1 Å². The minimum absolute atomic E-state index is 0.201. The van der Waals surface area contributed by atoms with Crippen LogP contribution in [0.15, 0.2) is 54.7 Å². The Hall–Kier alpha value is -3.16. The summed E-state index contributed by atoms with van der Waals surface area (Å²) in [5.74, 6) is 1.05. The molecule has 3 aromatic rings. The number of piperidine rings is 1. The van der Waals surface area contributed by atoms with Gasteiger partial charge >= 0.3 is 0 Å². The quantitative estimate of drug-likeness (QED) is 0.332. The van der Waals surface area contributed by atoms with Gasteiger partial charge in [-0.2, -0.15) is 0 Å². The van der Waals surface area contributed by atoms with E-state index in [2.05, 4.69) is 22.1 Å². The number of thiazole rings is 1. The van der Waals surface area contributed by atoms with Crippen molar-refractivity contribution in [2.24, 2.45) is 0 Å². The summed E-state index contributed by atoms with van der Waals surface area (Å²) in [6.07, 6.45) is 7.52. The third kappa shape index (κ3) is 5.85. The SMILES string of the molecule is COc1ccc(/C=C(/C(=O)Nc2ncc(CN3CCCCC3C)s2)c2ccccc2)cc1OC. The van der Waals surface area contributed by atoms with Gasteiger partial charge in [-0.05, 0) is 55.6 Å². The minimum Gasteiger partial charge on any atom is -0.493 e. The third-order valence-corrected chi connectivity index (χ3v) is 7.02. The van der Waals surface area contributed by atoms with Crippen molar-refractivity contribution in [1.82, 2.24) is 9.88 Å². The standard InChI is InChI=1S/C27H31N3O3S/c1-19-9-7-8-14-30(19)18-22-17-28-27(34-22)29-26(31)23(21-10-5-4-6-11-21)15-20-12-13-24(32-2)25(16-20)33-3/h4-6,10-13,15-17,19H,7-9,14,18H2,1-3H3,(H,28,29,31)/b23-15+. The van der Waals surface area contributed by atoms with Crippen LogP contribution in [0.4, 0.5) is 5.13 Å². The van der Waals surface area contributed by atoms with Crippen LogP contribution in [-0.2, 0) is 11.3 Å². The number of aromatic nitrogens is 1. The van der Waals surface area contributed by atoms with Crippen LogP contribution in [0.25, 0.3) is 11.6 Å². The zero-order valence-electron chi connectivity index (χ0n) is 19.9. The molecular weight excluding hydrogens is 446 g/mol. The smallest absolute Gasteiger partial charge is 0.258 e. The second-order valence-corrected chi connectivity index (χ2v) is 9.55. The van der Waals surface area contributed by atoms with Gasteiger partial charge in [-0.15, -0.1) is 11.3 Å². The molecule has 2 heterocycles. The van der Waals surface area contributed by atoms with E-state index in [1.54, 1.807) is 14.2 Å². The van der Waals surface area contributed by atoms with Gasteiger partial charge in [-0.1, -0.05) is 42.8 Å². The Bertz CT molecular complexity index is 1140. The zero-order chi connectivity index (χ0) is 23.9. The first-order valence-electron chi connectivity index (χ1n) is 11.6. The molecule has 4 rings (SSSR count). The summed E-state index contributed by atoms with van der Waals surface area (Å²) in [5, 5.41) is 3.62. The molecule has 0 saturated carbocycles. The number of nitrogens with zero attached hydrogens (tertiary/aromatic N) is 2. The maximum Gasteiger partial charge on any atom is 0.258 e. The van der Waals surface area contributed by atoms with Gasteiger partial charge in [0, 0.05) is 29.2 Å². The van der Waals surface area contributed by atoms with Gasteiger partial charge in [-0.3, -0.25) is 15.0 Å². The lowest BCUT2D eigenvalue weighted by molar-refractivity contribution is -0.111. The molecule has 178 valence electrons. The summed E-state index contributed by atoms with van der Waals surface area (Å²) in [6.45, 7) is 4.28. The molecule has 1 N–H and O–H groups in total. The van der Waals surface area contributed by atoms with Gasteiger partial charge in [0.15, 0.2) is 16.6 Å². The number of rotatable bonds is 8. The fourth-order valence-electron chi connectivity index (χ4n) is 4.20. The van der Waals surface area contributed by atoms with E-state index in [9.17, 15) is 4.79 Å². The lowest BCUT2D eigenvalue weighted by Crippen LogP contribution is -2.36. The highest BCUT2D eigenvalue weighted by Crippen LogP contribution is 2.30. The van der Waals surface area contributed by atoms with E-state index >= 15 is 0 Å². The van der Waals surface area contributed by atoms with Crippen LogP contribution in [0, 0.1) is 0 Å². The zero-order valence-corrected chi connectivity index (χ0v) is 20.7.